The topological polar surface area (TPSA) is 55.8 Å². The molecule has 0 fully saturated rings. The van der Waals surface area contributed by atoms with Crippen LogP contribution in [0, 0.1) is 5.92 Å². The monoisotopic (exact) mass is 321 g/mol. The number of nitrogens with zero attached hydrogens (tertiary/aromatic N) is 1. The molecule has 1 aromatic carbocycles. The van der Waals surface area contributed by atoms with E-state index >= 15 is 0 Å². The SMILES string of the molecule is CCOC(=O)C(Cc1ccccc1)N(CC(C)C)C(=O)OCC. The largest absolute Gasteiger partial charge is 0.464 e. The fourth-order valence-corrected chi connectivity index (χ4v) is 2.33. The second-order valence-corrected chi connectivity index (χ2v) is 5.70. The minimum absolute atomic E-state index is 0.215. The third-order valence-corrected chi connectivity index (χ3v) is 3.27. The first-order valence-electron chi connectivity index (χ1n) is 8.13. The lowest BCUT2D eigenvalue weighted by molar-refractivity contribution is -0.149. The van der Waals surface area contributed by atoms with E-state index in [1.54, 1.807) is 13.8 Å². The van der Waals surface area contributed by atoms with Crippen LogP contribution in [0.1, 0.15) is 33.3 Å². The Labute approximate surface area is 138 Å². The molecule has 0 bridgehead atoms. The maximum Gasteiger partial charge on any atom is 0.410 e. The Balaban J connectivity index is 3.05. The number of rotatable bonds is 8. The molecule has 1 atom stereocenters. The van der Waals surface area contributed by atoms with Gasteiger partial charge in [0.1, 0.15) is 6.04 Å². The summed E-state index contributed by atoms with van der Waals surface area (Å²) in [6.45, 7) is 8.50. The van der Waals surface area contributed by atoms with Gasteiger partial charge in [0.25, 0.3) is 0 Å². The molecule has 5 nitrogen and oxygen atoms in total. The van der Waals surface area contributed by atoms with Crippen LogP contribution in [0.5, 0.6) is 0 Å². The van der Waals surface area contributed by atoms with Crippen molar-refractivity contribution >= 4 is 12.1 Å². The molecule has 1 rings (SSSR count). The summed E-state index contributed by atoms with van der Waals surface area (Å²) in [6, 6.07) is 8.93. The number of carbonyl (C=O) groups is 2. The Hall–Kier alpha value is -2.04. The van der Waals surface area contributed by atoms with Crippen LogP contribution in [0.3, 0.4) is 0 Å². The molecule has 0 spiro atoms. The molecule has 0 N–H and O–H groups in total. The molecule has 1 aromatic rings. The van der Waals surface area contributed by atoms with Gasteiger partial charge >= 0.3 is 12.1 Å². The summed E-state index contributed by atoms with van der Waals surface area (Å²) in [5.41, 5.74) is 0.976. The van der Waals surface area contributed by atoms with Gasteiger partial charge in [0.05, 0.1) is 13.2 Å². The molecule has 0 aliphatic rings. The summed E-state index contributed by atoms with van der Waals surface area (Å²) in [4.78, 5) is 26.2. The smallest absolute Gasteiger partial charge is 0.410 e. The first-order chi connectivity index (χ1) is 11.0. The van der Waals surface area contributed by atoms with Crippen LogP contribution in [0.25, 0.3) is 0 Å². The molecule has 0 radical (unpaired) electrons. The molecule has 0 aliphatic heterocycles. The van der Waals surface area contributed by atoms with E-state index in [-0.39, 0.29) is 19.1 Å². The van der Waals surface area contributed by atoms with Gasteiger partial charge in [0, 0.05) is 13.0 Å². The van der Waals surface area contributed by atoms with Gasteiger partial charge < -0.3 is 9.47 Å². The Morgan fingerprint density at radius 2 is 1.65 bits per heavy atom. The third kappa shape index (κ3) is 6.30. The molecule has 0 aromatic heterocycles. The van der Waals surface area contributed by atoms with Crippen molar-refractivity contribution in [2.75, 3.05) is 19.8 Å². The van der Waals surface area contributed by atoms with Crippen LogP contribution >= 0.6 is 0 Å². The molecular weight excluding hydrogens is 294 g/mol. The van der Waals surface area contributed by atoms with Gasteiger partial charge in [-0.15, -0.1) is 0 Å². The summed E-state index contributed by atoms with van der Waals surface area (Å²) in [6.07, 6.45) is -0.0687. The summed E-state index contributed by atoms with van der Waals surface area (Å²) >= 11 is 0. The zero-order chi connectivity index (χ0) is 17.2. The lowest BCUT2D eigenvalue weighted by Gasteiger charge is -2.30. The van der Waals surface area contributed by atoms with E-state index in [1.807, 2.05) is 44.2 Å². The predicted octanol–water partition coefficient (Wildman–Crippen LogP) is 3.28. The summed E-state index contributed by atoms with van der Waals surface area (Å²) < 4.78 is 10.3. The van der Waals surface area contributed by atoms with Gasteiger partial charge in [-0.2, -0.15) is 0 Å². The van der Waals surface area contributed by atoms with Crippen molar-refractivity contribution in [2.24, 2.45) is 5.92 Å². The first-order valence-corrected chi connectivity index (χ1v) is 8.13. The molecule has 0 saturated carbocycles. The Morgan fingerprint density at radius 3 is 2.17 bits per heavy atom. The number of hydrogen-bond acceptors (Lipinski definition) is 4. The number of hydrogen-bond donors (Lipinski definition) is 0. The quantitative estimate of drug-likeness (QED) is 0.690. The second-order valence-electron chi connectivity index (χ2n) is 5.70. The zero-order valence-electron chi connectivity index (χ0n) is 14.5. The lowest BCUT2D eigenvalue weighted by Crippen LogP contribution is -2.49. The highest BCUT2D eigenvalue weighted by molar-refractivity contribution is 5.81. The van der Waals surface area contributed by atoms with Crippen molar-refractivity contribution < 1.29 is 19.1 Å². The van der Waals surface area contributed by atoms with Crippen LogP contribution in [-0.2, 0) is 20.7 Å². The number of benzene rings is 1. The standard InChI is InChI=1S/C18H27NO4/c1-5-22-17(20)16(12-15-10-8-7-9-11-15)19(13-14(3)4)18(21)23-6-2/h7-11,14,16H,5-6,12-13H2,1-4H3. The van der Waals surface area contributed by atoms with E-state index in [2.05, 4.69) is 0 Å². The molecule has 128 valence electrons. The first kappa shape index (κ1) is 19.0. The Morgan fingerprint density at radius 1 is 1.04 bits per heavy atom. The van der Waals surface area contributed by atoms with Crippen LogP contribution < -0.4 is 0 Å². The van der Waals surface area contributed by atoms with Crippen molar-refractivity contribution in [1.82, 2.24) is 4.90 Å². The lowest BCUT2D eigenvalue weighted by atomic mass is 10.0. The molecule has 1 amide bonds. The van der Waals surface area contributed by atoms with E-state index in [0.717, 1.165) is 5.56 Å². The average molecular weight is 321 g/mol. The molecule has 0 heterocycles. The summed E-state index contributed by atoms with van der Waals surface area (Å²) in [5.74, 6) is -0.183. The van der Waals surface area contributed by atoms with Gasteiger partial charge in [0.15, 0.2) is 0 Å². The third-order valence-electron chi connectivity index (χ3n) is 3.27. The van der Waals surface area contributed by atoms with Crippen LogP contribution in [0.2, 0.25) is 0 Å². The Bertz CT molecular complexity index is 487. The molecular formula is C18H27NO4. The summed E-state index contributed by atoms with van der Waals surface area (Å²) in [5, 5.41) is 0. The maximum absolute atomic E-state index is 12.4. The molecule has 5 heteroatoms. The van der Waals surface area contributed by atoms with Gasteiger partial charge in [-0.05, 0) is 25.3 Å². The fourth-order valence-electron chi connectivity index (χ4n) is 2.33. The molecule has 23 heavy (non-hydrogen) atoms. The predicted molar refractivity (Wildman–Crippen MR) is 89.1 cm³/mol. The molecule has 0 saturated heterocycles. The number of ether oxygens (including phenoxy) is 2. The van der Waals surface area contributed by atoms with Crippen LogP contribution in [-0.4, -0.2) is 42.8 Å². The van der Waals surface area contributed by atoms with Crippen LogP contribution in [0.15, 0.2) is 30.3 Å². The Kier molecular flexibility index (Phi) is 8.16. The van der Waals surface area contributed by atoms with Gasteiger partial charge in [-0.25, -0.2) is 9.59 Å². The van der Waals surface area contributed by atoms with Crippen molar-refractivity contribution in [3.63, 3.8) is 0 Å². The highest BCUT2D eigenvalue weighted by Crippen LogP contribution is 2.15. The molecule has 0 aliphatic carbocycles. The van der Waals surface area contributed by atoms with Gasteiger partial charge in [-0.1, -0.05) is 44.2 Å². The highest BCUT2D eigenvalue weighted by Gasteiger charge is 2.32. The van der Waals surface area contributed by atoms with E-state index in [4.69, 9.17) is 9.47 Å². The van der Waals surface area contributed by atoms with Crippen molar-refractivity contribution in [1.29, 1.82) is 0 Å². The zero-order valence-corrected chi connectivity index (χ0v) is 14.5. The van der Waals surface area contributed by atoms with Crippen molar-refractivity contribution in [3.05, 3.63) is 35.9 Å². The van der Waals surface area contributed by atoms with E-state index in [9.17, 15) is 9.59 Å². The maximum atomic E-state index is 12.4. The fraction of sp³-hybridized carbons (Fsp3) is 0.556. The number of amides is 1. The van der Waals surface area contributed by atoms with E-state index in [1.165, 1.54) is 4.90 Å². The minimum atomic E-state index is -0.682. The normalized spacial score (nSPS) is 11.9. The van der Waals surface area contributed by atoms with E-state index < -0.39 is 18.1 Å². The van der Waals surface area contributed by atoms with Crippen molar-refractivity contribution in [2.45, 2.75) is 40.2 Å². The average Bonchev–Trinajstić information content (AvgIpc) is 2.52. The second kappa shape index (κ2) is 9.87. The highest BCUT2D eigenvalue weighted by atomic mass is 16.6. The van der Waals surface area contributed by atoms with Gasteiger partial charge in [-0.3, -0.25) is 4.90 Å². The van der Waals surface area contributed by atoms with Crippen molar-refractivity contribution in [3.8, 4) is 0 Å². The molecule has 1 unspecified atom stereocenters. The van der Waals surface area contributed by atoms with E-state index in [0.29, 0.717) is 13.0 Å². The van der Waals surface area contributed by atoms with Gasteiger partial charge in [0.2, 0.25) is 0 Å². The number of carbonyl (C=O) groups excluding carboxylic acids is 2. The van der Waals surface area contributed by atoms with Crippen LogP contribution in [0.4, 0.5) is 4.79 Å². The summed E-state index contributed by atoms with van der Waals surface area (Å²) in [7, 11) is 0. The minimum Gasteiger partial charge on any atom is -0.464 e. The number of esters is 1.